The molecule has 0 saturated heterocycles. The van der Waals surface area contributed by atoms with E-state index in [2.05, 4.69) is 9.97 Å². The van der Waals surface area contributed by atoms with Gasteiger partial charge in [-0.2, -0.15) is 0 Å². The molecule has 34 heavy (non-hydrogen) atoms. The van der Waals surface area contributed by atoms with Crippen LogP contribution in [0.15, 0.2) is 47.6 Å². The third-order valence-corrected chi connectivity index (χ3v) is 6.94. The van der Waals surface area contributed by atoms with E-state index in [0.717, 1.165) is 0 Å². The number of hydrogen-bond donors (Lipinski definition) is 0. The zero-order valence-corrected chi connectivity index (χ0v) is 20.8. The number of aromatic nitrogens is 2. The average molecular weight is 491 g/mol. The second-order valence-electron chi connectivity index (χ2n) is 7.51. The Morgan fingerprint density at radius 2 is 1.47 bits per heavy atom. The Hall–Kier alpha value is -2.99. The van der Waals surface area contributed by atoms with Gasteiger partial charge < -0.3 is 23.8 Å². The number of fused-ring (bicyclic) bond motifs is 1. The van der Waals surface area contributed by atoms with E-state index < -0.39 is 10.0 Å². The molecule has 0 fully saturated rings. The Bertz CT molecular complexity index is 1220. The molecule has 3 aromatic rings. The Labute approximate surface area is 200 Å². The van der Waals surface area contributed by atoms with E-state index in [0.29, 0.717) is 60.3 Å². The summed E-state index contributed by atoms with van der Waals surface area (Å²) in [6, 6.07) is 10.4. The number of benzene rings is 2. The molecule has 0 bridgehead atoms. The quantitative estimate of drug-likeness (QED) is 0.355. The third kappa shape index (κ3) is 5.55. The Morgan fingerprint density at radius 3 is 2.09 bits per heavy atom. The van der Waals surface area contributed by atoms with Crippen LogP contribution in [0.2, 0.25) is 0 Å². The maximum absolute atomic E-state index is 12.9. The highest BCUT2D eigenvalue weighted by atomic mass is 32.2. The number of anilines is 2. The maximum atomic E-state index is 12.9. The predicted octanol–water partition coefficient (Wildman–Crippen LogP) is 2.70. The van der Waals surface area contributed by atoms with E-state index in [1.807, 2.05) is 0 Å². The average Bonchev–Trinajstić information content (AvgIpc) is 2.83. The monoisotopic (exact) mass is 490 g/mol. The number of sulfonamides is 1. The Morgan fingerprint density at radius 1 is 0.853 bits per heavy atom. The normalized spacial score (nSPS) is 11.7. The fraction of sp³-hybridized carbons (Fsp3) is 0.391. The van der Waals surface area contributed by atoms with Crippen LogP contribution in [-0.2, 0) is 19.5 Å². The lowest BCUT2D eigenvalue weighted by atomic mass is 10.2. The van der Waals surface area contributed by atoms with Crippen molar-refractivity contribution in [3.8, 4) is 11.5 Å². The lowest BCUT2D eigenvalue weighted by Crippen LogP contribution is -2.25. The molecule has 10 nitrogen and oxygen atoms in total. The van der Waals surface area contributed by atoms with Gasteiger partial charge in [0, 0.05) is 46.8 Å². The van der Waals surface area contributed by atoms with Gasteiger partial charge in [0.05, 0.1) is 24.4 Å². The van der Waals surface area contributed by atoms with E-state index in [1.165, 1.54) is 24.7 Å². The molecule has 0 aliphatic rings. The highest BCUT2D eigenvalue weighted by molar-refractivity contribution is 7.89. The first-order valence-corrected chi connectivity index (χ1v) is 12.0. The van der Waals surface area contributed by atoms with Gasteiger partial charge in [-0.05, 0) is 18.2 Å². The number of ether oxygens (including phenoxy) is 4. The minimum absolute atomic E-state index is 0.172. The molecule has 0 N–H and O–H groups in total. The standard InChI is InChI=1S/C23H30N4O6S/c1-26(2)34(28,29)22-9-7-6-8-19(22)27(3)23-17-14-20(32-12-10-30-4)21(33-13-11-31-5)15-18(17)24-16-25-23/h6-9,14-16H,10-13H2,1-5H3. The molecule has 0 atom stereocenters. The predicted molar refractivity (Wildman–Crippen MR) is 130 cm³/mol. The Kier molecular flexibility index (Phi) is 8.61. The lowest BCUT2D eigenvalue weighted by Gasteiger charge is -2.24. The number of nitrogens with zero attached hydrogens (tertiary/aromatic N) is 4. The van der Waals surface area contributed by atoms with Crippen LogP contribution in [0.5, 0.6) is 11.5 Å². The van der Waals surface area contributed by atoms with E-state index in [4.69, 9.17) is 18.9 Å². The number of methoxy groups -OCH3 is 2. The van der Waals surface area contributed by atoms with Crippen LogP contribution < -0.4 is 14.4 Å². The largest absolute Gasteiger partial charge is 0.487 e. The van der Waals surface area contributed by atoms with Gasteiger partial charge in [-0.1, -0.05) is 12.1 Å². The first-order chi connectivity index (χ1) is 16.3. The van der Waals surface area contributed by atoms with Crippen molar-refractivity contribution < 1.29 is 27.4 Å². The van der Waals surface area contributed by atoms with Gasteiger partial charge >= 0.3 is 0 Å². The molecule has 11 heteroatoms. The molecule has 0 aliphatic carbocycles. The topological polar surface area (TPSA) is 103 Å². The molecule has 0 unspecified atom stereocenters. The highest BCUT2D eigenvalue weighted by Gasteiger charge is 2.24. The smallest absolute Gasteiger partial charge is 0.244 e. The van der Waals surface area contributed by atoms with Crippen molar-refractivity contribution in [2.24, 2.45) is 0 Å². The second-order valence-corrected chi connectivity index (χ2v) is 9.63. The van der Waals surface area contributed by atoms with Crippen LogP contribution in [0.4, 0.5) is 11.5 Å². The van der Waals surface area contributed by atoms with Gasteiger partial charge in [-0.15, -0.1) is 0 Å². The fourth-order valence-corrected chi connectivity index (χ4v) is 4.39. The first-order valence-electron chi connectivity index (χ1n) is 10.6. The third-order valence-electron chi connectivity index (χ3n) is 5.07. The van der Waals surface area contributed by atoms with Crippen LogP contribution in [0, 0.1) is 0 Å². The molecule has 0 spiro atoms. The second kappa shape index (κ2) is 11.4. The molecule has 0 amide bonds. The summed E-state index contributed by atoms with van der Waals surface area (Å²) in [5.74, 6) is 1.54. The molecule has 1 heterocycles. The number of rotatable bonds is 12. The summed E-state index contributed by atoms with van der Waals surface area (Å²) < 4.78 is 49.0. The van der Waals surface area contributed by atoms with Gasteiger partial charge in [-0.3, -0.25) is 0 Å². The molecule has 3 rings (SSSR count). The molecular formula is C23H30N4O6S. The van der Waals surface area contributed by atoms with Crippen molar-refractivity contribution >= 4 is 32.4 Å². The van der Waals surface area contributed by atoms with Crippen LogP contribution in [0.3, 0.4) is 0 Å². The lowest BCUT2D eigenvalue weighted by molar-refractivity contribution is 0.132. The zero-order chi connectivity index (χ0) is 24.7. The SMILES string of the molecule is COCCOc1cc2ncnc(N(C)c3ccccc3S(=O)(=O)N(C)C)c2cc1OCCOC. The molecule has 184 valence electrons. The van der Waals surface area contributed by atoms with Crippen molar-refractivity contribution in [1.29, 1.82) is 0 Å². The van der Waals surface area contributed by atoms with Crippen LogP contribution in [0.1, 0.15) is 0 Å². The summed E-state index contributed by atoms with van der Waals surface area (Å²) in [6.45, 7) is 1.50. The first kappa shape index (κ1) is 25.6. The van der Waals surface area contributed by atoms with Crippen LogP contribution in [-0.4, -0.2) is 84.5 Å². The van der Waals surface area contributed by atoms with Crippen molar-refractivity contribution in [3.63, 3.8) is 0 Å². The Balaban J connectivity index is 2.11. The molecule has 0 radical (unpaired) electrons. The summed E-state index contributed by atoms with van der Waals surface area (Å²) in [5, 5.41) is 0.675. The van der Waals surface area contributed by atoms with Gasteiger partial charge in [0.25, 0.3) is 0 Å². The highest BCUT2D eigenvalue weighted by Crippen LogP contribution is 2.38. The van der Waals surface area contributed by atoms with Gasteiger partial charge in [-0.25, -0.2) is 22.7 Å². The van der Waals surface area contributed by atoms with E-state index in [9.17, 15) is 8.42 Å². The van der Waals surface area contributed by atoms with Crippen molar-refractivity contribution in [3.05, 3.63) is 42.7 Å². The minimum Gasteiger partial charge on any atom is -0.487 e. The zero-order valence-electron chi connectivity index (χ0n) is 20.0. The summed E-state index contributed by atoms with van der Waals surface area (Å²) in [5.41, 5.74) is 1.11. The summed E-state index contributed by atoms with van der Waals surface area (Å²) >= 11 is 0. The van der Waals surface area contributed by atoms with Crippen LogP contribution >= 0.6 is 0 Å². The van der Waals surface area contributed by atoms with Crippen molar-refractivity contribution in [2.45, 2.75) is 4.90 Å². The van der Waals surface area contributed by atoms with Gasteiger partial charge in [0.2, 0.25) is 10.0 Å². The van der Waals surface area contributed by atoms with E-state index in [-0.39, 0.29) is 4.90 Å². The van der Waals surface area contributed by atoms with Gasteiger partial charge in [0.1, 0.15) is 30.3 Å². The van der Waals surface area contributed by atoms with Crippen molar-refractivity contribution in [1.82, 2.24) is 14.3 Å². The molecular weight excluding hydrogens is 460 g/mol. The summed E-state index contributed by atoms with van der Waals surface area (Å²) in [6.07, 6.45) is 1.43. The van der Waals surface area contributed by atoms with Gasteiger partial charge in [0.15, 0.2) is 11.5 Å². The summed E-state index contributed by atoms with van der Waals surface area (Å²) in [4.78, 5) is 10.7. The van der Waals surface area contributed by atoms with Crippen molar-refractivity contribution in [2.75, 3.05) is 66.7 Å². The minimum atomic E-state index is -3.68. The number of para-hydroxylation sites is 1. The summed E-state index contributed by atoms with van der Waals surface area (Å²) in [7, 11) is 4.29. The number of hydrogen-bond acceptors (Lipinski definition) is 9. The maximum Gasteiger partial charge on any atom is 0.244 e. The molecule has 0 saturated carbocycles. The molecule has 2 aromatic carbocycles. The van der Waals surface area contributed by atoms with E-state index >= 15 is 0 Å². The van der Waals surface area contributed by atoms with Crippen LogP contribution in [0.25, 0.3) is 10.9 Å². The molecule has 1 aromatic heterocycles. The fourth-order valence-electron chi connectivity index (χ4n) is 3.28. The van der Waals surface area contributed by atoms with E-state index in [1.54, 1.807) is 62.6 Å². The molecule has 0 aliphatic heterocycles.